The summed E-state index contributed by atoms with van der Waals surface area (Å²) in [5.41, 5.74) is 4.64. The lowest BCUT2D eigenvalue weighted by molar-refractivity contribution is -0.122. The lowest BCUT2D eigenvalue weighted by Gasteiger charge is -2.18. The zero-order valence-electron chi connectivity index (χ0n) is 20.7. The first-order valence-electron chi connectivity index (χ1n) is 12.2. The largest absolute Gasteiger partial charge is 0.322 e. The Kier molecular flexibility index (Phi) is 6.44. The highest BCUT2D eigenvalue weighted by Crippen LogP contribution is 2.39. The molecule has 1 fully saturated rings. The van der Waals surface area contributed by atoms with Crippen molar-refractivity contribution in [3.05, 3.63) is 101 Å². The predicted molar refractivity (Wildman–Crippen MR) is 142 cm³/mol. The van der Waals surface area contributed by atoms with Crippen molar-refractivity contribution in [2.75, 3.05) is 15.5 Å². The quantitative estimate of drug-likeness (QED) is 0.370. The summed E-state index contributed by atoms with van der Waals surface area (Å²) in [6.07, 6.45) is 3.19. The van der Waals surface area contributed by atoms with Crippen LogP contribution in [0.2, 0.25) is 0 Å². The number of anilines is 3. The van der Waals surface area contributed by atoms with Gasteiger partial charge in [-0.1, -0.05) is 35.4 Å². The van der Waals surface area contributed by atoms with Crippen LogP contribution >= 0.6 is 0 Å². The molecule has 1 aliphatic carbocycles. The van der Waals surface area contributed by atoms with Gasteiger partial charge in [-0.2, -0.15) is 0 Å². The van der Waals surface area contributed by atoms with Crippen LogP contribution in [0.1, 0.15) is 46.0 Å². The number of nitrogens with zero attached hydrogens (tertiary/aromatic N) is 1. The summed E-state index contributed by atoms with van der Waals surface area (Å²) in [5, 5.41) is 5.66. The summed E-state index contributed by atoms with van der Waals surface area (Å²) >= 11 is 0. The molecule has 186 valence electrons. The Bertz CT molecular complexity index is 1420. The van der Waals surface area contributed by atoms with Crippen molar-refractivity contribution >= 4 is 40.7 Å². The highest BCUT2D eigenvalue weighted by atomic mass is 16.2. The number of rotatable bonds is 5. The van der Waals surface area contributed by atoms with Gasteiger partial charge in [-0.3, -0.25) is 24.1 Å². The number of hydrogen-bond acceptors (Lipinski definition) is 4. The zero-order valence-corrected chi connectivity index (χ0v) is 20.7. The predicted octanol–water partition coefficient (Wildman–Crippen LogP) is 5.35. The standard InChI is InChI=1S/C30H27N3O4/c1-18-6-9-20(10-7-18)27(34)31-22-11-13-23(14-12-22)32-28(35)21-4-3-5-24(17-21)33-29(36)25-15-8-19(2)16-26(25)30(33)37/h3-14,17,25-26H,15-16H2,1-2H3,(H,31,34)(H,32,35)/t25-,26-/m0/s1. The molecule has 0 saturated carbocycles. The van der Waals surface area contributed by atoms with Crippen molar-refractivity contribution in [2.24, 2.45) is 11.8 Å². The maximum Gasteiger partial charge on any atom is 0.255 e. The van der Waals surface area contributed by atoms with E-state index < -0.39 is 0 Å². The van der Waals surface area contributed by atoms with Gasteiger partial charge in [0.05, 0.1) is 17.5 Å². The van der Waals surface area contributed by atoms with Crippen molar-refractivity contribution in [1.29, 1.82) is 0 Å². The van der Waals surface area contributed by atoms with Gasteiger partial charge >= 0.3 is 0 Å². The van der Waals surface area contributed by atoms with Gasteiger partial charge in [0.1, 0.15) is 0 Å². The summed E-state index contributed by atoms with van der Waals surface area (Å²) in [7, 11) is 0. The molecule has 0 spiro atoms. The van der Waals surface area contributed by atoms with E-state index >= 15 is 0 Å². The Morgan fingerprint density at radius 3 is 2.00 bits per heavy atom. The van der Waals surface area contributed by atoms with E-state index in [1.54, 1.807) is 60.7 Å². The van der Waals surface area contributed by atoms with Crippen LogP contribution in [0.5, 0.6) is 0 Å². The second kappa shape index (κ2) is 9.85. The van der Waals surface area contributed by atoms with Crippen LogP contribution in [0.25, 0.3) is 0 Å². The van der Waals surface area contributed by atoms with E-state index in [1.807, 2.05) is 32.1 Å². The molecule has 2 atom stereocenters. The fraction of sp³-hybridized carbons (Fsp3) is 0.200. The minimum Gasteiger partial charge on any atom is -0.322 e. The highest BCUT2D eigenvalue weighted by molar-refractivity contribution is 6.22. The monoisotopic (exact) mass is 493 g/mol. The molecule has 2 aliphatic rings. The summed E-state index contributed by atoms with van der Waals surface area (Å²) in [4.78, 5) is 52.6. The Hall–Kier alpha value is -4.52. The molecule has 1 saturated heterocycles. The molecule has 5 rings (SSSR count). The number of fused-ring (bicyclic) bond motifs is 1. The van der Waals surface area contributed by atoms with Gasteiger partial charge in [0, 0.05) is 22.5 Å². The van der Waals surface area contributed by atoms with Crippen LogP contribution in [0.15, 0.2) is 84.4 Å². The molecule has 0 aromatic heterocycles. The van der Waals surface area contributed by atoms with Gasteiger partial charge in [-0.05, 0) is 81.3 Å². The summed E-state index contributed by atoms with van der Waals surface area (Å²) in [6, 6.07) is 20.6. The average molecular weight is 494 g/mol. The number of nitrogens with one attached hydrogen (secondary N) is 2. The SMILES string of the molecule is CC1=CC[C@@H]2C(=O)N(c3cccc(C(=O)Nc4ccc(NC(=O)c5ccc(C)cc5)cc4)c3)C(=O)[C@H]2C1. The lowest BCUT2D eigenvalue weighted by atomic mass is 9.82. The van der Waals surface area contributed by atoms with Crippen molar-refractivity contribution in [1.82, 2.24) is 0 Å². The zero-order chi connectivity index (χ0) is 26.1. The van der Waals surface area contributed by atoms with Crippen LogP contribution in [-0.4, -0.2) is 23.6 Å². The van der Waals surface area contributed by atoms with Crippen LogP contribution in [0.3, 0.4) is 0 Å². The second-order valence-electron chi connectivity index (χ2n) is 9.62. The van der Waals surface area contributed by atoms with E-state index in [0.717, 1.165) is 11.1 Å². The Labute approximate surface area is 215 Å². The molecule has 1 heterocycles. The van der Waals surface area contributed by atoms with Crippen LogP contribution in [0, 0.1) is 18.8 Å². The molecular weight excluding hydrogens is 466 g/mol. The molecule has 4 amide bonds. The number of allylic oxidation sites excluding steroid dienone is 2. The smallest absolute Gasteiger partial charge is 0.255 e. The highest BCUT2D eigenvalue weighted by Gasteiger charge is 2.48. The minimum atomic E-state index is -0.368. The normalized spacial score (nSPS) is 18.8. The van der Waals surface area contributed by atoms with E-state index in [9.17, 15) is 19.2 Å². The molecular formula is C30H27N3O4. The number of carbonyl (C=O) groups excluding carboxylic acids is 4. The van der Waals surface area contributed by atoms with Gasteiger partial charge in [0.15, 0.2) is 0 Å². The van der Waals surface area contributed by atoms with Gasteiger partial charge in [0.2, 0.25) is 11.8 Å². The third-order valence-corrected chi connectivity index (χ3v) is 6.90. The topological polar surface area (TPSA) is 95.6 Å². The van der Waals surface area contributed by atoms with E-state index in [1.165, 1.54) is 4.90 Å². The van der Waals surface area contributed by atoms with Crippen molar-refractivity contribution in [3.8, 4) is 0 Å². The number of imide groups is 1. The molecule has 7 heteroatoms. The van der Waals surface area contributed by atoms with E-state index in [2.05, 4.69) is 10.6 Å². The average Bonchev–Trinajstić information content (AvgIpc) is 3.14. The fourth-order valence-corrected chi connectivity index (χ4v) is 4.83. The molecule has 2 N–H and O–H groups in total. The Morgan fingerprint density at radius 2 is 1.35 bits per heavy atom. The van der Waals surface area contributed by atoms with Crippen molar-refractivity contribution in [2.45, 2.75) is 26.7 Å². The number of benzene rings is 3. The molecule has 0 radical (unpaired) electrons. The third-order valence-electron chi connectivity index (χ3n) is 6.90. The summed E-state index contributed by atoms with van der Waals surface area (Å²) < 4.78 is 0. The molecule has 37 heavy (non-hydrogen) atoms. The van der Waals surface area contributed by atoms with Gasteiger partial charge in [-0.15, -0.1) is 0 Å². The van der Waals surface area contributed by atoms with Gasteiger partial charge in [0.25, 0.3) is 11.8 Å². The molecule has 0 bridgehead atoms. The van der Waals surface area contributed by atoms with Crippen molar-refractivity contribution < 1.29 is 19.2 Å². The molecule has 0 unspecified atom stereocenters. The summed E-state index contributed by atoms with van der Waals surface area (Å²) in [5.74, 6) is -1.67. The third kappa shape index (κ3) is 4.93. The van der Waals surface area contributed by atoms with E-state index in [0.29, 0.717) is 41.0 Å². The lowest BCUT2D eigenvalue weighted by Crippen LogP contribution is -2.31. The first-order valence-corrected chi connectivity index (χ1v) is 12.2. The molecule has 7 nitrogen and oxygen atoms in total. The van der Waals surface area contributed by atoms with Crippen molar-refractivity contribution in [3.63, 3.8) is 0 Å². The Morgan fingerprint density at radius 1 is 0.757 bits per heavy atom. The number of carbonyl (C=O) groups is 4. The maximum absolute atomic E-state index is 13.0. The minimum absolute atomic E-state index is 0.205. The van der Waals surface area contributed by atoms with E-state index in [4.69, 9.17) is 0 Å². The number of amides is 4. The van der Waals surface area contributed by atoms with Crippen LogP contribution < -0.4 is 15.5 Å². The van der Waals surface area contributed by atoms with Crippen LogP contribution in [0.4, 0.5) is 17.1 Å². The molecule has 3 aromatic rings. The second-order valence-corrected chi connectivity index (χ2v) is 9.62. The molecule has 3 aromatic carbocycles. The maximum atomic E-state index is 13.0. The van der Waals surface area contributed by atoms with Gasteiger partial charge in [-0.25, -0.2) is 0 Å². The molecule has 1 aliphatic heterocycles. The van der Waals surface area contributed by atoms with Gasteiger partial charge < -0.3 is 10.6 Å². The Balaban J connectivity index is 1.25. The first-order chi connectivity index (χ1) is 17.8. The van der Waals surface area contributed by atoms with E-state index in [-0.39, 0.29) is 35.5 Å². The van der Waals surface area contributed by atoms with Crippen LogP contribution in [-0.2, 0) is 9.59 Å². The number of aryl methyl sites for hydroxylation is 1. The fourth-order valence-electron chi connectivity index (χ4n) is 4.83. The first kappa shape index (κ1) is 24.2. The summed E-state index contributed by atoms with van der Waals surface area (Å²) in [6.45, 7) is 3.94. The number of hydrogen-bond donors (Lipinski definition) is 2.